The monoisotopic (exact) mass is 279 g/mol. The minimum Gasteiger partial charge on any atom is -0.492 e. The van der Waals surface area contributed by atoms with E-state index < -0.39 is 0 Å². The van der Waals surface area contributed by atoms with Crippen LogP contribution in [0.4, 0.5) is 0 Å². The van der Waals surface area contributed by atoms with Crippen molar-refractivity contribution in [3.05, 3.63) is 24.3 Å². The maximum absolute atomic E-state index is 5.76. The van der Waals surface area contributed by atoms with Crippen molar-refractivity contribution in [2.24, 2.45) is 0 Å². The van der Waals surface area contributed by atoms with Crippen molar-refractivity contribution in [3.63, 3.8) is 0 Å². The van der Waals surface area contributed by atoms with Crippen LogP contribution in [0.15, 0.2) is 24.3 Å². The molecule has 0 saturated carbocycles. The first kappa shape index (κ1) is 15.1. The molecular weight excluding hydrogens is 254 g/mol. The zero-order valence-electron chi connectivity index (χ0n) is 12.5. The fourth-order valence-electron chi connectivity index (χ4n) is 2.05. The molecule has 1 saturated heterocycles. The quantitative estimate of drug-likeness (QED) is 0.767. The largest absolute Gasteiger partial charge is 0.492 e. The minimum atomic E-state index is 0.253. The van der Waals surface area contributed by atoms with Crippen LogP contribution in [0.1, 0.15) is 20.3 Å². The topological polar surface area (TPSA) is 30.9 Å². The van der Waals surface area contributed by atoms with E-state index >= 15 is 0 Å². The molecule has 0 bridgehead atoms. The van der Waals surface area contributed by atoms with Gasteiger partial charge in [-0.3, -0.25) is 4.90 Å². The van der Waals surface area contributed by atoms with Gasteiger partial charge in [-0.2, -0.15) is 0 Å². The van der Waals surface area contributed by atoms with Gasteiger partial charge in [0.2, 0.25) is 0 Å². The summed E-state index contributed by atoms with van der Waals surface area (Å²) >= 11 is 0. The molecule has 0 aliphatic carbocycles. The highest BCUT2D eigenvalue weighted by molar-refractivity contribution is 5.31. The van der Waals surface area contributed by atoms with Crippen LogP contribution >= 0.6 is 0 Å². The van der Waals surface area contributed by atoms with Crippen molar-refractivity contribution >= 4 is 0 Å². The number of nitrogens with zero attached hydrogens (tertiary/aromatic N) is 1. The molecule has 0 spiro atoms. The molecule has 1 heterocycles. The molecule has 0 N–H and O–H groups in total. The van der Waals surface area contributed by atoms with E-state index in [-0.39, 0.29) is 6.10 Å². The Labute approximate surface area is 121 Å². The van der Waals surface area contributed by atoms with Gasteiger partial charge in [-0.1, -0.05) is 6.92 Å². The first-order chi connectivity index (χ1) is 9.78. The Balaban J connectivity index is 1.70. The van der Waals surface area contributed by atoms with Crippen LogP contribution in [0.3, 0.4) is 0 Å². The van der Waals surface area contributed by atoms with E-state index in [2.05, 4.69) is 18.7 Å². The summed E-state index contributed by atoms with van der Waals surface area (Å²) in [4.78, 5) is 2.36. The lowest BCUT2D eigenvalue weighted by atomic mass is 10.3. The first-order valence-corrected chi connectivity index (χ1v) is 7.47. The predicted molar refractivity (Wildman–Crippen MR) is 79.6 cm³/mol. The van der Waals surface area contributed by atoms with E-state index in [1.165, 1.54) is 0 Å². The van der Waals surface area contributed by atoms with Gasteiger partial charge in [0.05, 0.1) is 19.3 Å². The average molecular weight is 279 g/mol. The Morgan fingerprint density at radius 1 is 1.15 bits per heavy atom. The number of rotatable bonds is 7. The number of ether oxygens (including phenoxy) is 3. The highest BCUT2D eigenvalue weighted by Gasteiger charge is 2.09. The van der Waals surface area contributed by atoms with Crippen molar-refractivity contribution in [2.75, 3.05) is 39.5 Å². The third kappa shape index (κ3) is 5.02. The molecule has 1 unspecified atom stereocenters. The normalized spacial score (nSPS) is 17.7. The lowest BCUT2D eigenvalue weighted by molar-refractivity contribution is 0.0322. The molecule has 112 valence electrons. The molecule has 0 aromatic heterocycles. The third-order valence-electron chi connectivity index (χ3n) is 3.52. The smallest absolute Gasteiger partial charge is 0.119 e. The summed E-state index contributed by atoms with van der Waals surface area (Å²) in [7, 11) is 0. The van der Waals surface area contributed by atoms with Crippen molar-refractivity contribution < 1.29 is 14.2 Å². The molecular formula is C16H25NO3. The summed E-state index contributed by atoms with van der Waals surface area (Å²) in [6, 6.07) is 7.88. The molecule has 1 aliphatic rings. The molecule has 2 rings (SSSR count). The summed E-state index contributed by atoms with van der Waals surface area (Å²) in [5.74, 6) is 1.80. The van der Waals surface area contributed by atoms with E-state index in [9.17, 15) is 0 Å². The number of morpholine rings is 1. The Bertz CT molecular complexity index is 374. The van der Waals surface area contributed by atoms with Crippen molar-refractivity contribution in [1.82, 2.24) is 4.90 Å². The van der Waals surface area contributed by atoms with E-state index in [1.54, 1.807) is 0 Å². The molecule has 0 amide bonds. The van der Waals surface area contributed by atoms with Crippen LogP contribution < -0.4 is 9.47 Å². The van der Waals surface area contributed by atoms with Crippen molar-refractivity contribution in [3.8, 4) is 11.5 Å². The number of hydrogen-bond donors (Lipinski definition) is 0. The van der Waals surface area contributed by atoms with E-state index in [1.807, 2.05) is 24.3 Å². The van der Waals surface area contributed by atoms with Crippen molar-refractivity contribution in [1.29, 1.82) is 0 Å². The standard InChI is InChI=1S/C16H25NO3/c1-3-14(2)20-16-6-4-15(5-7-16)19-13-10-17-8-11-18-12-9-17/h4-7,14H,3,8-13H2,1-2H3. The van der Waals surface area contributed by atoms with E-state index in [0.29, 0.717) is 6.61 Å². The van der Waals surface area contributed by atoms with Gasteiger partial charge < -0.3 is 14.2 Å². The maximum atomic E-state index is 5.76. The summed E-state index contributed by atoms with van der Waals surface area (Å²) in [5, 5.41) is 0. The second-order valence-corrected chi connectivity index (χ2v) is 5.11. The maximum Gasteiger partial charge on any atom is 0.119 e. The van der Waals surface area contributed by atoms with E-state index in [4.69, 9.17) is 14.2 Å². The van der Waals surface area contributed by atoms with Gasteiger partial charge in [-0.15, -0.1) is 0 Å². The van der Waals surface area contributed by atoms with Gasteiger partial charge in [0.25, 0.3) is 0 Å². The van der Waals surface area contributed by atoms with Crippen LogP contribution in [0.25, 0.3) is 0 Å². The van der Waals surface area contributed by atoms with Crippen LogP contribution in [-0.4, -0.2) is 50.5 Å². The predicted octanol–water partition coefficient (Wildman–Crippen LogP) is 2.57. The van der Waals surface area contributed by atoms with Crippen molar-refractivity contribution in [2.45, 2.75) is 26.4 Å². The third-order valence-corrected chi connectivity index (χ3v) is 3.52. The van der Waals surface area contributed by atoms with Gasteiger partial charge in [0, 0.05) is 19.6 Å². The molecule has 20 heavy (non-hydrogen) atoms. The molecule has 0 radical (unpaired) electrons. The van der Waals surface area contributed by atoms with Gasteiger partial charge in [0.1, 0.15) is 18.1 Å². The van der Waals surface area contributed by atoms with Crippen LogP contribution in [0, 0.1) is 0 Å². The Morgan fingerprint density at radius 2 is 1.80 bits per heavy atom. The summed E-state index contributed by atoms with van der Waals surface area (Å²) < 4.78 is 16.8. The molecule has 1 aliphatic heterocycles. The van der Waals surface area contributed by atoms with Crippen LogP contribution in [0.5, 0.6) is 11.5 Å². The highest BCUT2D eigenvalue weighted by Crippen LogP contribution is 2.19. The molecule has 1 aromatic carbocycles. The average Bonchev–Trinajstić information content (AvgIpc) is 2.50. The van der Waals surface area contributed by atoms with Gasteiger partial charge in [-0.05, 0) is 37.6 Å². The first-order valence-electron chi connectivity index (χ1n) is 7.47. The second-order valence-electron chi connectivity index (χ2n) is 5.11. The molecule has 1 aromatic rings. The van der Waals surface area contributed by atoms with Crippen LogP contribution in [0.2, 0.25) is 0 Å². The molecule has 4 heteroatoms. The Kier molecular flexibility index (Phi) is 6.15. The van der Waals surface area contributed by atoms with E-state index in [0.717, 1.165) is 50.8 Å². The summed E-state index contributed by atoms with van der Waals surface area (Å²) in [5.41, 5.74) is 0. The van der Waals surface area contributed by atoms with Gasteiger partial charge in [0.15, 0.2) is 0 Å². The molecule has 4 nitrogen and oxygen atoms in total. The molecule has 1 fully saturated rings. The second kappa shape index (κ2) is 8.12. The SMILES string of the molecule is CCC(C)Oc1ccc(OCCN2CCOCC2)cc1. The summed E-state index contributed by atoms with van der Waals surface area (Å²) in [6.45, 7) is 9.54. The number of hydrogen-bond acceptors (Lipinski definition) is 4. The lowest BCUT2D eigenvalue weighted by Gasteiger charge is -2.26. The van der Waals surface area contributed by atoms with Crippen LogP contribution in [-0.2, 0) is 4.74 Å². The Morgan fingerprint density at radius 3 is 2.45 bits per heavy atom. The van der Waals surface area contributed by atoms with Gasteiger partial charge >= 0.3 is 0 Å². The Hall–Kier alpha value is -1.26. The lowest BCUT2D eigenvalue weighted by Crippen LogP contribution is -2.38. The highest BCUT2D eigenvalue weighted by atomic mass is 16.5. The molecule has 1 atom stereocenters. The summed E-state index contributed by atoms with van der Waals surface area (Å²) in [6.07, 6.45) is 1.26. The zero-order chi connectivity index (χ0) is 14.2. The van der Waals surface area contributed by atoms with Gasteiger partial charge in [-0.25, -0.2) is 0 Å². The number of benzene rings is 1. The minimum absolute atomic E-state index is 0.253. The fourth-order valence-corrected chi connectivity index (χ4v) is 2.05. The zero-order valence-corrected chi connectivity index (χ0v) is 12.5. The fraction of sp³-hybridized carbons (Fsp3) is 0.625.